The van der Waals surface area contributed by atoms with Crippen molar-refractivity contribution in [3.63, 3.8) is 0 Å². The molecule has 17 heavy (non-hydrogen) atoms. The maximum Gasteiger partial charge on any atom is 0.404 e. The summed E-state index contributed by atoms with van der Waals surface area (Å²) in [6, 6.07) is -1.84. The van der Waals surface area contributed by atoms with Gasteiger partial charge in [-0.2, -0.15) is 26.3 Å². The summed E-state index contributed by atoms with van der Waals surface area (Å²) in [6.45, 7) is 0. The molecule has 0 aromatic rings. The molecule has 1 aliphatic carbocycles. The summed E-state index contributed by atoms with van der Waals surface area (Å²) < 4.78 is 75.2. The van der Waals surface area contributed by atoms with E-state index >= 15 is 0 Å². The van der Waals surface area contributed by atoms with E-state index < -0.39 is 36.7 Å². The van der Waals surface area contributed by atoms with Crippen molar-refractivity contribution in [2.75, 3.05) is 7.05 Å². The number of nitrogens with one attached hydrogen (secondary N) is 1. The zero-order valence-electron chi connectivity index (χ0n) is 9.33. The lowest BCUT2D eigenvalue weighted by atomic mass is 9.77. The summed E-state index contributed by atoms with van der Waals surface area (Å²) in [5.41, 5.74) is 0. The summed E-state index contributed by atoms with van der Waals surface area (Å²) in [5, 5.41) is 2.09. The smallest absolute Gasteiger partial charge is 0.309 e. The molecule has 102 valence electrons. The van der Waals surface area contributed by atoms with Gasteiger partial charge in [0, 0.05) is 0 Å². The van der Waals surface area contributed by atoms with Gasteiger partial charge in [-0.25, -0.2) is 0 Å². The van der Waals surface area contributed by atoms with Crippen molar-refractivity contribution >= 4 is 0 Å². The summed E-state index contributed by atoms with van der Waals surface area (Å²) in [4.78, 5) is 0. The Labute approximate surface area is 95.6 Å². The molecule has 1 nitrogen and oxygen atoms in total. The lowest BCUT2D eigenvalue weighted by molar-refractivity contribution is -0.201. The quantitative estimate of drug-likeness (QED) is 0.752. The molecule has 1 saturated carbocycles. The predicted octanol–water partition coefficient (Wildman–Crippen LogP) is 3.51. The van der Waals surface area contributed by atoms with Crippen molar-refractivity contribution in [3.8, 4) is 0 Å². The Morgan fingerprint density at radius 2 is 1.65 bits per heavy atom. The molecule has 1 aliphatic rings. The van der Waals surface area contributed by atoms with E-state index in [1.165, 1.54) is 0 Å². The van der Waals surface area contributed by atoms with Crippen molar-refractivity contribution in [3.05, 3.63) is 0 Å². The third kappa shape index (κ3) is 3.76. The van der Waals surface area contributed by atoms with Crippen LogP contribution in [0.4, 0.5) is 26.3 Å². The number of halogens is 6. The molecule has 3 unspecified atom stereocenters. The molecule has 0 aliphatic heterocycles. The van der Waals surface area contributed by atoms with Gasteiger partial charge in [0.2, 0.25) is 0 Å². The van der Waals surface area contributed by atoms with Crippen molar-refractivity contribution in [1.82, 2.24) is 5.32 Å². The highest BCUT2D eigenvalue weighted by molar-refractivity contribution is 4.88. The second-order valence-electron chi connectivity index (χ2n) is 4.47. The SMILES string of the molecule is CNC(C1CCCC(C(F)(F)F)C1)C(F)(F)F. The standard InChI is InChI=1S/C10H15F6N/c1-17-8(10(14,15)16)6-3-2-4-7(5-6)9(11,12)13/h6-8,17H,2-5H2,1H3. The van der Waals surface area contributed by atoms with E-state index in [-0.39, 0.29) is 19.3 Å². The number of rotatable bonds is 2. The van der Waals surface area contributed by atoms with E-state index in [0.717, 1.165) is 7.05 Å². The maximum absolute atomic E-state index is 12.6. The fourth-order valence-electron chi connectivity index (χ4n) is 2.49. The monoisotopic (exact) mass is 263 g/mol. The second kappa shape index (κ2) is 5.04. The molecule has 0 aromatic carbocycles. The first-order valence-corrected chi connectivity index (χ1v) is 5.47. The lowest BCUT2D eigenvalue weighted by Crippen LogP contribution is -2.48. The van der Waals surface area contributed by atoms with E-state index in [0.29, 0.717) is 0 Å². The van der Waals surface area contributed by atoms with Crippen LogP contribution in [0.25, 0.3) is 0 Å². The fourth-order valence-corrected chi connectivity index (χ4v) is 2.49. The molecule has 0 spiro atoms. The van der Waals surface area contributed by atoms with Crippen LogP contribution in [0.5, 0.6) is 0 Å². The van der Waals surface area contributed by atoms with Crippen LogP contribution in [-0.4, -0.2) is 25.4 Å². The van der Waals surface area contributed by atoms with Gasteiger partial charge in [0.15, 0.2) is 0 Å². The average molecular weight is 263 g/mol. The first kappa shape index (κ1) is 14.6. The molecule has 1 N–H and O–H groups in total. The predicted molar refractivity (Wildman–Crippen MR) is 50.4 cm³/mol. The van der Waals surface area contributed by atoms with Gasteiger partial charge in [0.05, 0.1) is 5.92 Å². The zero-order chi connectivity index (χ0) is 13.3. The minimum absolute atomic E-state index is 0.0612. The van der Waals surface area contributed by atoms with Crippen LogP contribution in [0.15, 0.2) is 0 Å². The Morgan fingerprint density at radius 1 is 1.06 bits per heavy atom. The first-order chi connectivity index (χ1) is 7.66. The largest absolute Gasteiger partial charge is 0.404 e. The molecular formula is C10H15F6N. The molecular weight excluding hydrogens is 248 g/mol. The highest BCUT2D eigenvalue weighted by atomic mass is 19.4. The van der Waals surface area contributed by atoms with Crippen LogP contribution >= 0.6 is 0 Å². The van der Waals surface area contributed by atoms with Crippen LogP contribution in [0.3, 0.4) is 0 Å². The van der Waals surface area contributed by atoms with Crippen LogP contribution in [0.1, 0.15) is 25.7 Å². The van der Waals surface area contributed by atoms with Gasteiger partial charge in [0.25, 0.3) is 0 Å². The Hall–Kier alpha value is -0.460. The molecule has 3 atom stereocenters. The summed E-state index contributed by atoms with van der Waals surface area (Å²) in [6.07, 6.45) is -8.99. The van der Waals surface area contributed by atoms with Crippen molar-refractivity contribution in [1.29, 1.82) is 0 Å². The number of hydrogen-bond acceptors (Lipinski definition) is 1. The molecule has 0 bridgehead atoms. The topological polar surface area (TPSA) is 12.0 Å². The van der Waals surface area contributed by atoms with Gasteiger partial charge in [-0.15, -0.1) is 0 Å². The molecule has 0 radical (unpaired) electrons. The van der Waals surface area contributed by atoms with Gasteiger partial charge < -0.3 is 5.32 Å². The maximum atomic E-state index is 12.6. The Kier molecular flexibility index (Phi) is 4.33. The molecule has 0 heterocycles. The van der Waals surface area contributed by atoms with E-state index in [1.807, 2.05) is 0 Å². The number of alkyl halides is 6. The average Bonchev–Trinajstić information content (AvgIpc) is 2.15. The van der Waals surface area contributed by atoms with E-state index in [4.69, 9.17) is 0 Å². The molecule has 7 heteroatoms. The van der Waals surface area contributed by atoms with E-state index in [1.54, 1.807) is 0 Å². The molecule has 0 amide bonds. The van der Waals surface area contributed by atoms with Crippen LogP contribution in [0, 0.1) is 11.8 Å². The molecule has 0 saturated heterocycles. The fraction of sp³-hybridized carbons (Fsp3) is 1.00. The highest BCUT2D eigenvalue weighted by Gasteiger charge is 2.49. The van der Waals surface area contributed by atoms with Gasteiger partial charge in [0.1, 0.15) is 6.04 Å². The van der Waals surface area contributed by atoms with Gasteiger partial charge >= 0.3 is 12.4 Å². The van der Waals surface area contributed by atoms with Crippen LogP contribution < -0.4 is 5.32 Å². The van der Waals surface area contributed by atoms with Crippen molar-refractivity contribution in [2.24, 2.45) is 11.8 Å². The van der Waals surface area contributed by atoms with Gasteiger partial charge in [-0.1, -0.05) is 6.42 Å². The lowest BCUT2D eigenvalue weighted by Gasteiger charge is -2.35. The van der Waals surface area contributed by atoms with Crippen LogP contribution in [-0.2, 0) is 0 Å². The van der Waals surface area contributed by atoms with E-state index in [2.05, 4.69) is 5.32 Å². The minimum atomic E-state index is -4.49. The molecule has 1 fully saturated rings. The minimum Gasteiger partial charge on any atom is -0.309 e. The van der Waals surface area contributed by atoms with Crippen molar-refractivity contribution in [2.45, 2.75) is 44.1 Å². The molecule has 0 aromatic heterocycles. The highest BCUT2D eigenvalue weighted by Crippen LogP contribution is 2.43. The Balaban J connectivity index is 2.72. The summed E-state index contributed by atoms with van der Waals surface area (Å²) in [7, 11) is 1.13. The second-order valence-corrected chi connectivity index (χ2v) is 4.47. The Morgan fingerprint density at radius 3 is 2.06 bits per heavy atom. The van der Waals surface area contributed by atoms with Gasteiger partial charge in [-0.05, 0) is 32.2 Å². The summed E-state index contributed by atoms with van der Waals surface area (Å²) in [5.74, 6) is -2.58. The van der Waals surface area contributed by atoms with Crippen LogP contribution in [0.2, 0.25) is 0 Å². The third-order valence-electron chi connectivity index (χ3n) is 3.31. The first-order valence-electron chi connectivity index (χ1n) is 5.47. The van der Waals surface area contributed by atoms with E-state index in [9.17, 15) is 26.3 Å². The normalized spacial score (nSPS) is 29.1. The Bertz CT molecular complexity index is 246. The zero-order valence-corrected chi connectivity index (χ0v) is 9.33. The van der Waals surface area contributed by atoms with Gasteiger partial charge in [-0.3, -0.25) is 0 Å². The van der Waals surface area contributed by atoms with Crippen molar-refractivity contribution < 1.29 is 26.3 Å². The number of hydrogen-bond donors (Lipinski definition) is 1. The third-order valence-corrected chi connectivity index (χ3v) is 3.31. The summed E-state index contributed by atoms with van der Waals surface area (Å²) >= 11 is 0. The molecule has 1 rings (SSSR count).